The Morgan fingerprint density at radius 1 is 1.11 bits per heavy atom. The zero-order chi connectivity index (χ0) is 13.6. The van der Waals surface area contributed by atoms with Gasteiger partial charge in [0.1, 0.15) is 16.6 Å². The van der Waals surface area contributed by atoms with Gasteiger partial charge in [-0.05, 0) is 30.5 Å². The Hall–Kier alpha value is -1.65. The summed E-state index contributed by atoms with van der Waals surface area (Å²) in [5, 5.41) is 4.78. The largest absolute Gasteiger partial charge is 0.255 e. The second-order valence-corrected chi connectivity index (χ2v) is 5.06. The summed E-state index contributed by atoms with van der Waals surface area (Å²) in [7, 11) is 0. The van der Waals surface area contributed by atoms with E-state index in [4.69, 9.17) is 23.2 Å². The maximum atomic E-state index is 6.35. The molecule has 0 amide bonds. The molecule has 0 saturated heterocycles. The molecule has 3 aromatic rings. The van der Waals surface area contributed by atoms with E-state index in [0.717, 1.165) is 5.56 Å². The minimum atomic E-state index is 0.328. The molecule has 3 rings (SSSR count). The van der Waals surface area contributed by atoms with Crippen molar-refractivity contribution >= 4 is 29.0 Å². The standard InChI is InChI=1S/C13H10Cl2N4/c1-7-3-4-9(5-8(7)2)10-11(14)18-13-16-6-17-19(13)12(10)15/h3-6H,1-2H3. The summed E-state index contributed by atoms with van der Waals surface area (Å²) in [5.41, 5.74) is 3.97. The van der Waals surface area contributed by atoms with Gasteiger partial charge in [0.2, 0.25) is 0 Å². The van der Waals surface area contributed by atoms with Crippen molar-refractivity contribution in [2.75, 3.05) is 0 Å². The third kappa shape index (κ3) is 1.97. The first-order valence-electron chi connectivity index (χ1n) is 5.70. The van der Waals surface area contributed by atoms with Gasteiger partial charge in [-0.2, -0.15) is 19.6 Å². The van der Waals surface area contributed by atoms with E-state index in [2.05, 4.69) is 22.0 Å². The number of fused-ring (bicyclic) bond motifs is 1. The number of nitrogens with zero attached hydrogens (tertiary/aromatic N) is 4. The molecule has 0 atom stereocenters. The van der Waals surface area contributed by atoms with Crippen LogP contribution in [0.4, 0.5) is 0 Å². The van der Waals surface area contributed by atoms with Gasteiger partial charge in [0.15, 0.2) is 0 Å². The Bertz CT molecular complexity index is 780. The first-order valence-corrected chi connectivity index (χ1v) is 6.46. The van der Waals surface area contributed by atoms with Crippen LogP contribution < -0.4 is 0 Å². The third-order valence-corrected chi connectivity index (χ3v) is 3.74. The second-order valence-electron chi connectivity index (χ2n) is 4.34. The van der Waals surface area contributed by atoms with Crippen LogP contribution in [0.15, 0.2) is 24.5 Å². The van der Waals surface area contributed by atoms with Gasteiger partial charge in [-0.25, -0.2) is 0 Å². The molecule has 19 heavy (non-hydrogen) atoms. The van der Waals surface area contributed by atoms with Crippen molar-refractivity contribution in [3.63, 3.8) is 0 Å². The molecule has 0 aliphatic carbocycles. The molecule has 0 fully saturated rings. The SMILES string of the molecule is Cc1ccc(-c2c(Cl)nc3ncnn3c2Cl)cc1C. The van der Waals surface area contributed by atoms with Gasteiger partial charge in [-0.15, -0.1) is 0 Å². The zero-order valence-corrected chi connectivity index (χ0v) is 11.9. The Morgan fingerprint density at radius 3 is 2.63 bits per heavy atom. The second kappa shape index (κ2) is 4.47. The summed E-state index contributed by atoms with van der Waals surface area (Å²) in [4.78, 5) is 8.17. The van der Waals surface area contributed by atoms with Gasteiger partial charge in [-0.1, -0.05) is 41.4 Å². The number of benzene rings is 1. The predicted molar refractivity (Wildman–Crippen MR) is 75.7 cm³/mol. The van der Waals surface area contributed by atoms with E-state index >= 15 is 0 Å². The molecule has 0 unspecified atom stereocenters. The minimum Gasteiger partial charge on any atom is -0.198 e. The lowest BCUT2D eigenvalue weighted by molar-refractivity contribution is 0.942. The van der Waals surface area contributed by atoms with Crippen molar-refractivity contribution < 1.29 is 0 Å². The fourth-order valence-electron chi connectivity index (χ4n) is 1.92. The highest BCUT2D eigenvalue weighted by Gasteiger charge is 2.16. The highest BCUT2D eigenvalue weighted by molar-refractivity contribution is 6.38. The number of halogens is 2. The molecule has 2 aromatic heterocycles. The van der Waals surface area contributed by atoms with Crippen LogP contribution in [-0.2, 0) is 0 Å². The summed E-state index contributed by atoms with van der Waals surface area (Å²) in [6.45, 7) is 4.10. The minimum absolute atomic E-state index is 0.328. The lowest BCUT2D eigenvalue weighted by Gasteiger charge is -2.09. The van der Waals surface area contributed by atoms with E-state index in [1.165, 1.54) is 22.0 Å². The van der Waals surface area contributed by atoms with Crippen molar-refractivity contribution in [3.05, 3.63) is 46.0 Å². The molecule has 6 heteroatoms. The van der Waals surface area contributed by atoms with Crippen LogP contribution in [-0.4, -0.2) is 19.6 Å². The molecule has 0 bridgehead atoms. The molecule has 96 valence electrons. The molecule has 0 radical (unpaired) electrons. The third-order valence-electron chi connectivity index (χ3n) is 3.12. The van der Waals surface area contributed by atoms with Crippen LogP contribution in [0, 0.1) is 13.8 Å². The molecule has 0 aliphatic heterocycles. The fraction of sp³-hybridized carbons (Fsp3) is 0.154. The van der Waals surface area contributed by atoms with Crippen molar-refractivity contribution in [3.8, 4) is 11.1 Å². The first kappa shape index (κ1) is 12.4. The molecule has 4 nitrogen and oxygen atoms in total. The van der Waals surface area contributed by atoms with E-state index in [0.29, 0.717) is 21.6 Å². The van der Waals surface area contributed by atoms with Crippen LogP contribution in [0.2, 0.25) is 10.3 Å². The highest BCUT2D eigenvalue weighted by atomic mass is 35.5. The van der Waals surface area contributed by atoms with Crippen LogP contribution >= 0.6 is 23.2 Å². The number of hydrogen-bond donors (Lipinski definition) is 0. The average Bonchev–Trinajstić information content (AvgIpc) is 2.82. The van der Waals surface area contributed by atoms with Crippen LogP contribution in [0.3, 0.4) is 0 Å². The summed E-state index contributed by atoms with van der Waals surface area (Å²) >= 11 is 12.6. The summed E-state index contributed by atoms with van der Waals surface area (Å²) < 4.78 is 1.47. The summed E-state index contributed by atoms with van der Waals surface area (Å²) in [6.07, 6.45) is 1.40. The van der Waals surface area contributed by atoms with Crippen molar-refractivity contribution in [2.24, 2.45) is 0 Å². The van der Waals surface area contributed by atoms with E-state index in [1.54, 1.807) is 0 Å². The van der Waals surface area contributed by atoms with Gasteiger partial charge < -0.3 is 0 Å². The predicted octanol–water partition coefficient (Wildman–Crippen LogP) is 3.71. The van der Waals surface area contributed by atoms with E-state index < -0.39 is 0 Å². The normalized spacial score (nSPS) is 11.2. The number of aryl methyl sites for hydroxylation is 2. The highest BCUT2D eigenvalue weighted by Crippen LogP contribution is 2.34. The van der Waals surface area contributed by atoms with Gasteiger partial charge in [0.25, 0.3) is 5.78 Å². The van der Waals surface area contributed by atoms with Crippen LogP contribution in [0.1, 0.15) is 11.1 Å². The summed E-state index contributed by atoms with van der Waals surface area (Å²) in [6, 6.07) is 6.04. The first-order chi connectivity index (χ1) is 9.08. The Labute approximate surface area is 120 Å². The number of hydrogen-bond acceptors (Lipinski definition) is 3. The lowest BCUT2D eigenvalue weighted by atomic mass is 10.0. The maximum absolute atomic E-state index is 6.35. The number of aromatic nitrogens is 4. The van der Waals surface area contributed by atoms with Gasteiger partial charge in [0, 0.05) is 0 Å². The Morgan fingerprint density at radius 2 is 1.89 bits per heavy atom. The summed E-state index contributed by atoms with van der Waals surface area (Å²) in [5.74, 6) is 0.391. The van der Waals surface area contributed by atoms with Crippen LogP contribution in [0.5, 0.6) is 0 Å². The average molecular weight is 293 g/mol. The fourth-order valence-corrected chi connectivity index (χ4v) is 2.56. The van der Waals surface area contributed by atoms with E-state index in [9.17, 15) is 0 Å². The van der Waals surface area contributed by atoms with Crippen molar-refractivity contribution in [2.45, 2.75) is 13.8 Å². The van der Waals surface area contributed by atoms with Crippen LogP contribution in [0.25, 0.3) is 16.9 Å². The molecule has 0 aliphatic rings. The Kier molecular flexibility index (Phi) is 2.92. The Balaban J connectivity index is 2.31. The molecular formula is C13H10Cl2N4. The maximum Gasteiger partial charge on any atom is 0.255 e. The monoisotopic (exact) mass is 292 g/mol. The van der Waals surface area contributed by atoms with E-state index in [1.807, 2.05) is 25.1 Å². The lowest BCUT2D eigenvalue weighted by Crippen LogP contribution is -1.98. The molecule has 0 saturated carbocycles. The van der Waals surface area contributed by atoms with E-state index in [-0.39, 0.29) is 0 Å². The topological polar surface area (TPSA) is 43.1 Å². The molecule has 0 N–H and O–H groups in total. The van der Waals surface area contributed by atoms with Gasteiger partial charge in [0.05, 0.1) is 5.56 Å². The van der Waals surface area contributed by atoms with Crippen molar-refractivity contribution in [1.29, 1.82) is 0 Å². The number of rotatable bonds is 1. The molecule has 2 heterocycles. The smallest absolute Gasteiger partial charge is 0.198 e. The van der Waals surface area contributed by atoms with Gasteiger partial charge >= 0.3 is 0 Å². The zero-order valence-electron chi connectivity index (χ0n) is 10.4. The molecular weight excluding hydrogens is 283 g/mol. The van der Waals surface area contributed by atoms with Gasteiger partial charge in [-0.3, -0.25) is 0 Å². The quantitative estimate of drug-likeness (QED) is 0.642. The molecule has 0 spiro atoms. The van der Waals surface area contributed by atoms with Crippen molar-refractivity contribution in [1.82, 2.24) is 19.6 Å². The molecule has 1 aromatic carbocycles.